The molecule has 2 aromatic rings. The molecule has 19 heavy (non-hydrogen) atoms. The quantitative estimate of drug-likeness (QED) is 0.682. The molecule has 0 aromatic carbocycles. The molecule has 0 spiro atoms. The lowest BCUT2D eigenvalue weighted by atomic mass is 10.0. The number of aromatic nitrogens is 3. The van der Waals surface area contributed by atoms with Crippen LogP contribution < -0.4 is 5.73 Å². The third-order valence-corrected chi connectivity index (χ3v) is 3.83. The smallest absolute Gasteiger partial charge is 0.151 e. The SMILES string of the molecule is C[C@@H]1[C@H](O)C(CO)=C[C@H]1n1cnc2c(N)nccc21. The van der Waals surface area contributed by atoms with Crippen LogP contribution in [0, 0.1) is 5.92 Å². The highest BCUT2D eigenvalue weighted by Gasteiger charge is 2.33. The van der Waals surface area contributed by atoms with Crippen LogP contribution in [0.25, 0.3) is 11.0 Å². The zero-order valence-corrected chi connectivity index (χ0v) is 10.6. The number of hydrogen-bond donors (Lipinski definition) is 3. The van der Waals surface area contributed by atoms with E-state index < -0.39 is 6.10 Å². The van der Waals surface area contributed by atoms with Gasteiger partial charge in [-0.15, -0.1) is 0 Å². The number of aliphatic hydroxyl groups excluding tert-OH is 2. The Morgan fingerprint density at radius 3 is 2.89 bits per heavy atom. The molecule has 1 aliphatic rings. The van der Waals surface area contributed by atoms with Crippen LogP contribution >= 0.6 is 0 Å². The van der Waals surface area contributed by atoms with Crippen molar-refractivity contribution in [1.29, 1.82) is 0 Å². The Hall–Kier alpha value is -1.92. The van der Waals surface area contributed by atoms with Crippen LogP contribution in [0.1, 0.15) is 13.0 Å². The summed E-state index contributed by atoms with van der Waals surface area (Å²) < 4.78 is 1.96. The second kappa shape index (κ2) is 4.32. The Bertz CT molecular complexity index is 649. The molecule has 0 saturated carbocycles. The van der Waals surface area contributed by atoms with E-state index in [1.54, 1.807) is 12.5 Å². The summed E-state index contributed by atoms with van der Waals surface area (Å²) in [7, 11) is 0. The van der Waals surface area contributed by atoms with Gasteiger partial charge in [0, 0.05) is 12.1 Å². The Kier molecular flexibility index (Phi) is 2.76. The van der Waals surface area contributed by atoms with Gasteiger partial charge in [0.25, 0.3) is 0 Å². The zero-order valence-electron chi connectivity index (χ0n) is 10.6. The highest BCUT2D eigenvalue weighted by molar-refractivity contribution is 5.84. The number of imidazole rings is 1. The number of rotatable bonds is 2. The summed E-state index contributed by atoms with van der Waals surface area (Å²) in [5.74, 6) is 0.378. The summed E-state index contributed by atoms with van der Waals surface area (Å²) >= 11 is 0. The van der Waals surface area contributed by atoms with Crippen LogP contribution in [0.5, 0.6) is 0 Å². The summed E-state index contributed by atoms with van der Waals surface area (Å²) in [6, 6.07) is 1.81. The lowest BCUT2D eigenvalue weighted by molar-refractivity contribution is 0.134. The summed E-state index contributed by atoms with van der Waals surface area (Å²) in [5.41, 5.74) is 7.99. The molecule has 4 N–H and O–H groups in total. The number of nitrogens with two attached hydrogens (primary N) is 1. The molecule has 2 aromatic heterocycles. The molecule has 0 fully saturated rings. The minimum atomic E-state index is -0.619. The zero-order chi connectivity index (χ0) is 13.6. The van der Waals surface area contributed by atoms with Crippen LogP contribution in [0.2, 0.25) is 0 Å². The second-order valence-corrected chi connectivity index (χ2v) is 4.91. The molecule has 1 aliphatic carbocycles. The number of allylic oxidation sites excluding steroid dienone is 1. The molecule has 3 rings (SSSR count). The number of aliphatic hydroxyl groups is 2. The predicted octanol–water partition coefficient (Wildman–Crippen LogP) is 0.484. The molecular weight excluding hydrogens is 244 g/mol. The highest BCUT2D eigenvalue weighted by Crippen LogP contribution is 2.36. The van der Waals surface area contributed by atoms with Crippen LogP contribution in [-0.4, -0.2) is 37.5 Å². The van der Waals surface area contributed by atoms with Crippen LogP contribution in [-0.2, 0) is 0 Å². The fourth-order valence-corrected chi connectivity index (χ4v) is 2.69. The average Bonchev–Trinajstić information content (AvgIpc) is 2.94. The monoisotopic (exact) mass is 260 g/mol. The highest BCUT2D eigenvalue weighted by atomic mass is 16.3. The summed E-state index contributed by atoms with van der Waals surface area (Å²) in [6.07, 6.45) is 4.62. The first-order chi connectivity index (χ1) is 9.13. The Morgan fingerprint density at radius 2 is 2.21 bits per heavy atom. The van der Waals surface area contributed by atoms with Crippen LogP contribution in [0.4, 0.5) is 5.82 Å². The molecule has 0 amide bonds. The normalized spacial score (nSPS) is 26.9. The lowest BCUT2D eigenvalue weighted by Crippen LogP contribution is -2.22. The third-order valence-electron chi connectivity index (χ3n) is 3.83. The van der Waals surface area contributed by atoms with Gasteiger partial charge in [-0.25, -0.2) is 9.97 Å². The van der Waals surface area contributed by atoms with E-state index in [4.69, 9.17) is 5.73 Å². The molecule has 3 atom stereocenters. The molecule has 0 radical (unpaired) electrons. The van der Waals surface area contributed by atoms with Gasteiger partial charge in [-0.3, -0.25) is 0 Å². The fraction of sp³-hybridized carbons (Fsp3) is 0.385. The maximum Gasteiger partial charge on any atom is 0.151 e. The van der Waals surface area contributed by atoms with Gasteiger partial charge in [0.15, 0.2) is 5.82 Å². The van der Waals surface area contributed by atoms with E-state index >= 15 is 0 Å². The molecule has 6 nitrogen and oxygen atoms in total. The van der Waals surface area contributed by atoms with Crippen LogP contribution in [0.3, 0.4) is 0 Å². The third kappa shape index (κ3) is 1.72. The molecule has 2 heterocycles. The summed E-state index contributed by atoms with van der Waals surface area (Å²) in [5, 5.41) is 19.3. The van der Waals surface area contributed by atoms with E-state index in [9.17, 15) is 10.2 Å². The van der Waals surface area contributed by atoms with Crippen molar-refractivity contribution in [1.82, 2.24) is 14.5 Å². The largest absolute Gasteiger partial charge is 0.392 e. The molecule has 0 aliphatic heterocycles. The number of anilines is 1. The number of hydrogen-bond acceptors (Lipinski definition) is 5. The minimum Gasteiger partial charge on any atom is -0.392 e. The number of nitrogen functional groups attached to an aromatic ring is 1. The number of pyridine rings is 1. The van der Waals surface area contributed by atoms with E-state index in [1.165, 1.54) is 0 Å². The first-order valence-corrected chi connectivity index (χ1v) is 6.20. The molecule has 0 bridgehead atoms. The van der Waals surface area contributed by atoms with Gasteiger partial charge in [-0.05, 0) is 11.6 Å². The fourth-order valence-electron chi connectivity index (χ4n) is 2.69. The standard InChI is InChI=1S/C13H16N4O2/c1-7-10(4-8(5-18)12(7)19)17-6-16-11-9(17)2-3-15-13(11)14/h2-4,6-7,10,12,18-19H,5H2,1H3,(H2,14,15)/t7-,10+,12-/m0/s1. The first-order valence-electron chi connectivity index (χ1n) is 6.20. The van der Waals surface area contributed by atoms with Gasteiger partial charge in [-0.2, -0.15) is 0 Å². The summed E-state index contributed by atoms with van der Waals surface area (Å²) in [6.45, 7) is 1.82. The van der Waals surface area contributed by atoms with Crippen molar-refractivity contribution in [3.05, 3.63) is 30.2 Å². The van der Waals surface area contributed by atoms with Gasteiger partial charge in [-0.1, -0.05) is 13.0 Å². The lowest BCUT2D eigenvalue weighted by Gasteiger charge is -2.20. The van der Waals surface area contributed by atoms with Crippen molar-refractivity contribution in [2.24, 2.45) is 5.92 Å². The van der Waals surface area contributed by atoms with Crippen molar-refractivity contribution in [3.8, 4) is 0 Å². The average molecular weight is 260 g/mol. The van der Waals surface area contributed by atoms with Crippen molar-refractivity contribution >= 4 is 16.9 Å². The van der Waals surface area contributed by atoms with Crippen molar-refractivity contribution in [3.63, 3.8) is 0 Å². The van der Waals surface area contributed by atoms with E-state index in [-0.39, 0.29) is 18.6 Å². The molecular formula is C13H16N4O2. The molecule has 6 heteroatoms. The van der Waals surface area contributed by atoms with Gasteiger partial charge in [0.1, 0.15) is 5.52 Å². The maximum absolute atomic E-state index is 10.1. The summed E-state index contributed by atoms with van der Waals surface area (Å²) in [4.78, 5) is 8.28. The van der Waals surface area contributed by atoms with E-state index in [2.05, 4.69) is 9.97 Å². The topological polar surface area (TPSA) is 97.2 Å². The first kappa shape index (κ1) is 12.1. The molecule has 0 saturated heterocycles. The van der Waals surface area contributed by atoms with E-state index in [0.717, 1.165) is 5.52 Å². The van der Waals surface area contributed by atoms with E-state index in [0.29, 0.717) is 16.9 Å². The van der Waals surface area contributed by atoms with Gasteiger partial charge < -0.3 is 20.5 Å². The minimum absolute atomic E-state index is 0.0195. The van der Waals surface area contributed by atoms with Crippen molar-refractivity contribution in [2.45, 2.75) is 19.1 Å². The van der Waals surface area contributed by atoms with E-state index in [1.807, 2.05) is 23.6 Å². The Morgan fingerprint density at radius 1 is 1.42 bits per heavy atom. The maximum atomic E-state index is 10.1. The van der Waals surface area contributed by atoms with Gasteiger partial charge in [0.05, 0.1) is 30.6 Å². The van der Waals surface area contributed by atoms with Crippen molar-refractivity contribution < 1.29 is 10.2 Å². The Balaban J connectivity index is 2.11. The second-order valence-electron chi connectivity index (χ2n) is 4.91. The predicted molar refractivity (Wildman–Crippen MR) is 71.3 cm³/mol. The molecule has 0 unspecified atom stereocenters. The van der Waals surface area contributed by atoms with Gasteiger partial charge >= 0.3 is 0 Å². The number of nitrogens with zero attached hydrogens (tertiary/aromatic N) is 3. The van der Waals surface area contributed by atoms with Crippen LogP contribution in [0.15, 0.2) is 30.2 Å². The van der Waals surface area contributed by atoms with Gasteiger partial charge in [0.2, 0.25) is 0 Å². The Labute approximate surface area is 110 Å². The number of fused-ring (bicyclic) bond motifs is 1. The van der Waals surface area contributed by atoms with Crippen molar-refractivity contribution in [2.75, 3.05) is 12.3 Å². The molecule has 100 valence electrons.